The van der Waals surface area contributed by atoms with Gasteiger partial charge in [0.25, 0.3) is 0 Å². The largest absolute Gasteiger partial charge is 0.309 e. The predicted molar refractivity (Wildman–Crippen MR) is 562 cm³/mol. The van der Waals surface area contributed by atoms with Crippen LogP contribution < -0.4 is 0 Å². The van der Waals surface area contributed by atoms with E-state index in [4.69, 9.17) is 0 Å². The van der Waals surface area contributed by atoms with Gasteiger partial charge in [0.1, 0.15) is 0 Å². The Bertz CT molecular complexity index is 9140. The highest BCUT2D eigenvalue weighted by atomic mass is 15.0. The summed E-state index contributed by atoms with van der Waals surface area (Å²) < 4.78 is 10.00. The molecule has 134 heavy (non-hydrogen) atoms. The first kappa shape index (κ1) is 76.6. The lowest BCUT2D eigenvalue weighted by Crippen LogP contribution is -2.29. The minimum absolute atomic E-state index is 0.509. The summed E-state index contributed by atoms with van der Waals surface area (Å²) in [5.41, 5.74) is 38.2. The molecule has 0 amide bonds. The average molecular weight is 1700 g/mol. The molecule has 0 N–H and O–H groups in total. The zero-order chi connectivity index (χ0) is 88.1. The number of nitrogens with zero attached hydrogens (tertiary/aromatic N) is 4. The van der Waals surface area contributed by atoms with Gasteiger partial charge >= 0.3 is 0 Å². The molecule has 28 rings (SSSR count). The van der Waals surface area contributed by atoms with Crippen molar-refractivity contribution in [3.05, 3.63) is 554 Å². The molecular formula is C130H84N4. The van der Waals surface area contributed by atoms with Crippen LogP contribution in [-0.4, -0.2) is 18.3 Å². The van der Waals surface area contributed by atoms with Crippen LogP contribution >= 0.6 is 0 Å². The molecule has 4 heterocycles. The zero-order valence-electron chi connectivity index (χ0n) is 73.3. The second-order valence-corrected chi connectivity index (χ2v) is 36.0. The highest BCUT2D eigenvalue weighted by Crippen LogP contribution is 2.62. The molecule has 2 aliphatic carbocycles. The van der Waals surface area contributed by atoms with E-state index in [1.807, 2.05) is 0 Å². The van der Waals surface area contributed by atoms with Crippen LogP contribution in [0, 0.1) is 0 Å². The van der Waals surface area contributed by atoms with E-state index in [1.165, 1.54) is 231 Å². The lowest BCUT2D eigenvalue weighted by atomic mass is 9.67. The summed E-state index contributed by atoms with van der Waals surface area (Å²) in [7, 11) is 0. The third-order valence-corrected chi connectivity index (χ3v) is 29.1. The van der Waals surface area contributed by atoms with Crippen molar-refractivity contribution in [3.8, 4) is 89.5 Å². The minimum atomic E-state index is -0.576. The summed E-state index contributed by atoms with van der Waals surface area (Å²) in [4.78, 5) is 0. The van der Waals surface area contributed by atoms with Crippen molar-refractivity contribution in [3.63, 3.8) is 0 Å². The molecule has 0 atom stereocenters. The second-order valence-electron chi connectivity index (χ2n) is 36.0. The van der Waals surface area contributed by atoms with Crippen LogP contribution in [0.25, 0.3) is 198 Å². The van der Waals surface area contributed by atoms with Crippen molar-refractivity contribution < 1.29 is 0 Å². The molecule has 22 aromatic carbocycles. The number of benzene rings is 22. The summed E-state index contributed by atoms with van der Waals surface area (Å²) in [6.45, 7) is 0. The first-order valence-corrected chi connectivity index (χ1v) is 46.5. The van der Waals surface area contributed by atoms with Gasteiger partial charge in [0.05, 0.1) is 66.3 Å². The van der Waals surface area contributed by atoms with Crippen LogP contribution in [-0.2, 0) is 10.8 Å². The molecule has 0 unspecified atom stereocenters. The molecule has 4 aromatic heterocycles. The van der Waals surface area contributed by atoms with Crippen molar-refractivity contribution >= 4 is 109 Å². The predicted octanol–water partition coefficient (Wildman–Crippen LogP) is 33.5. The molecule has 0 saturated carbocycles. The molecule has 0 spiro atoms. The average Bonchev–Trinajstić information content (AvgIpc) is 1.51. The quantitative estimate of drug-likeness (QED) is 0.116. The lowest BCUT2D eigenvalue weighted by Gasteiger charge is -2.34. The van der Waals surface area contributed by atoms with Crippen molar-refractivity contribution in [1.29, 1.82) is 0 Å². The molecule has 4 heteroatoms. The monoisotopic (exact) mass is 1700 g/mol. The summed E-state index contributed by atoms with van der Waals surface area (Å²) >= 11 is 0. The summed E-state index contributed by atoms with van der Waals surface area (Å²) in [5, 5.41) is 14.8. The van der Waals surface area contributed by atoms with Gasteiger partial charge < -0.3 is 18.3 Å². The van der Waals surface area contributed by atoms with Crippen molar-refractivity contribution in [1.82, 2.24) is 18.3 Å². The van der Waals surface area contributed by atoms with E-state index in [9.17, 15) is 0 Å². The smallest absolute Gasteiger partial charge is 0.0734 e. The topological polar surface area (TPSA) is 19.7 Å². The van der Waals surface area contributed by atoms with Gasteiger partial charge in [-0.1, -0.05) is 413 Å². The van der Waals surface area contributed by atoms with E-state index in [2.05, 4.69) is 528 Å². The maximum atomic E-state index is 2.59. The van der Waals surface area contributed by atoms with Gasteiger partial charge in [0.15, 0.2) is 0 Å². The standard InChI is InChI=1S/2C65H42N2/c1-4-18-43(19-5-1)45-22-16-27-50(40-45)66-60-32-15-13-29-52(60)55-41-46(34-38-61(55)66)47-35-39-62-56(42-47)53-36-37-58-63(64(53)67(62)59-33-17-21-44-20-10-11-28-51(44)59)54-30-12-14-31-57(54)65(58,48-23-6-2-7-24-48)49-25-8-3-9-26-49;1-4-18-43(19-5-1)45-22-16-27-50(40-45)66-60-32-15-13-30-53(60)56-41-46(34-38-61(56)66)47-35-39-62-57(42-47)55-37-36-54-52-29-12-14-31-58(52)65(48-23-6-2-7-24-48,49-25-8-3-9-26-49)63(54)64(55)67(62)59-33-17-21-44-20-10-11-28-51(44)59/h2*1-42H. The molecule has 2 aliphatic rings. The number of para-hydroxylation sites is 2. The van der Waals surface area contributed by atoms with Gasteiger partial charge in [-0.05, 0) is 208 Å². The van der Waals surface area contributed by atoms with Crippen LogP contribution in [0.15, 0.2) is 510 Å². The van der Waals surface area contributed by atoms with Crippen LogP contribution in [0.3, 0.4) is 0 Å². The fourth-order valence-electron chi connectivity index (χ4n) is 23.5. The van der Waals surface area contributed by atoms with Crippen LogP contribution in [0.1, 0.15) is 44.5 Å². The lowest BCUT2D eigenvalue weighted by molar-refractivity contribution is 0.769. The molecule has 4 nitrogen and oxygen atoms in total. The summed E-state index contributed by atoms with van der Waals surface area (Å²) in [6, 6.07) is 189. The van der Waals surface area contributed by atoms with Crippen molar-refractivity contribution in [2.75, 3.05) is 0 Å². The minimum Gasteiger partial charge on any atom is -0.309 e. The first-order chi connectivity index (χ1) is 66.5. The number of aromatic nitrogens is 4. The fourth-order valence-corrected chi connectivity index (χ4v) is 23.5. The highest BCUT2D eigenvalue weighted by Gasteiger charge is 2.50. The Morgan fingerprint density at radius 2 is 0.478 bits per heavy atom. The van der Waals surface area contributed by atoms with Gasteiger partial charge in [0, 0.05) is 76.4 Å². The molecule has 624 valence electrons. The Morgan fingerprint density at radius 3 is 0.948 bits per heavy atom. The Kier molecular flexibility index (Phi) is 17.5. The maximum absolute atomic E-state index is 2.59. The molecule has 0 aliphatic heterocycles. The summed E-state index contributed by atoms with van der Waals surface area (Å²) in [5.74, 6) is 0. The van der Waals surface area contributed by atoms with Crippen molar-refractivity contribution in [2.45, 2.75) is 10.8 Å². The first-order valence-electron chi connectivity index (χ1n) is 46.5. The summed E-state index contributed by atoms with van der Waals surface area (Å²) in [6.07, 6.45) is 0. The molecule has 26 aromatic rings. The number of rotatable bonds is 12. The third kappa shape index (κ3) is 11.5. The van der Waals surface area contributed by atoms with E-state index in [0.29, 0.717) is 0 Å². The number of fused-ring (bicyclic) bond motifs is 22. The van der Waals surface area contributed by atoms with Gasteiger partial charge in [-0.25, -0.2) is 0 Å². The van der Waals surface area contributed by atoms with Gasteiger partial charge in [0.2, 0.25) is 0 Å². The molecule has 0 radical (unpaired) electrons. The van der Waals surface area contributed by atoms with Gasteiger partial charge in [-0.3, -0.25) is 0 Å². The van der Waals surface area contributed by atoms with Crippen LogP contribution in [0.5, 0.6) is 0 Å². The second kappa shape index (κ2) is 30.6. The Hall–Kier alpha value is -17.4. The molecule has 0 bridgehead atoms. The molecule has 0 saturated heterocycles. The van der Waals surface area contributed by atoms with E-state index in [-0.39, 0.29) is 0 Å². The number of hydrogen-bond acceptors (Lipinski definition) is 0. The molecule has 0 fully saturated rings. The fraction of sp³-hybridized carbons (Fsp3) is 0.0154. The highest BCUT2D eigenvalue weighted by molar-refractivity contribution is 6.20. The van der Waals surface area contributed by atoms with E-state index in [0.717, 1.165) is 11.4 Å². The van der Waals surface area contributed by atoms with Gasteiger partial charge in [-0.15, -0.1) is 0 Å². The Balaban J connectivity index is 0.000000136. The maximum Gasteiger partial charge on any atom is 0.0734 e. The van der Waals surface area contributed by atoms with E-state index < -0.39 is 10.8 Å². The zero-order valence-corrected chi connectivity index (χ0v) is 73.3. The van der Waals surface area contributed by atoms with Crippen molar-refractivity contribution in [2.24, 2.45) is 0 Å². The third-order valence-electron chi connectivity index (χ3n) is 29.1. The van der Waals surface area contributed by atoms with E-state index >= 15 is 0 Å². The van der Waals surface area contributed by atoms with Crippen LogP contribution in [0.4, 0.5) is 0 Å². The SMILES string of the molecule is c1ccc(-c2cccc(-n3c4ccccc4c4cc(-c5ccc6c(c5)c5ccc7c(c5n6-c5cccc6ccccc56)-c5ccccc5C7(c5ccccc5)c5ccccc5)ccc43)c2)cc1.c1ccc(-c2cccc(-n3c4ccccc4c4cc(-c5ccc6c(c5)c5ccc7c(c5n6-c5cccc6ccccc56)C(c5ccccc5)(c5ccccc5)c5ccccc5-7)ccc43)c2)cc1. The van der Waals surface area contributed by atoms with E-state index in [1.54, 1.807) is 0 Å². The Labute approximate surface area is 776 Å². The molecular weight excluding hydrogens is 1620 g/mol. The Morgan fingerprint density at radius 1 is 0.157 bits per heavy atom. The van der Waals surface area contributed by atoms with Crippen LogP contribution in [0.2, 0.25) is 0 Å². The number of hydrogen-bond donors (Lipinski definition) is 0. The van der Waals surface area contributed by atoms with Gasteiger partial charge in [-0.2, -0.15) is 0 Å². The normalized spacial score (nSPS) is 12.9.